The largest absolute Gasteiger partial charge is 0.452 e. The van der Waals surface area contributed by atoms with Crippen molar-refractivity contribution in [3.05, 3.63) is 59.7 Å². The summed E-state index contributed by atoms with van der Waals surface area (Å²) in [6.45, 7) is 7.39. The molecule has 0 unspecified atom stereocenters. The number of aliphatic imine (C=N–C) groups is 1. The minimum atomic E-state index is -0.542. The molecule has 1 aromatic carbocycles. The molecule has 3 heterocycles. The number of ether oxygens (including phenoxy) is 1. The van der Waals surface area contributed by atoms with Gasteiger partial charge in [-0.15, -0.1) is 0 Å². The number of hydrogen-bond acceptors (Lipinski definition) is 8. The average Bonchev–Trinajstić information content (AvgIpc) is 3.36. The summed E-state index contributed by atoms with van der Waals surface area (Å²) in [5.41, 5.74) is 3.75. The van der Waals surface area contributed by atoms with Gasteiger partial charge in [-0.2, -0.15) is 0 Å². The van der Waals surface area contributed by atoms with Crippen LogP contribution in [0.3, 0.4) is 0 Å². The molecule has 0 radical (unpaired) electrons. The van der Waals surface area contributed by atoms with Crippen LogP contribution in [0.5, 0.6) is 0 Å². The van der Waals surface area contributed by atoms with E-state index in [0.717, 1.165) is 47.9 Å². The first-order valence-electron chi connectivity index (χ1n) is 13.8. The molecule has 2 aromatic heterocycles. The van der Waals surface area contributed by atoms with Gasteiger partial charge in [0.1, 0.15) is 24.4 Å². The monoisotopic (exact) mass is 551 g/mol. The molecule has 0 atom stereocenters. The summed E-state index contributed by atoms with van der Waals surface area (Å²) in [5.74, 6) is 0.769. The van der Waals surface area contributed by atoms with Gasteiger partial charge in [-0.05, 0) is 57.5 Å². The van der Waals surface area contributed by atoms with E-state index in [1.165, 1.54) is 6.08 Å². The predicted octanol–water partition coefficient (Wildman–Crippen LogP) is 4.72. The molecule has 1 aliphatic rings. The predicted molar refractivity (Wildman–Crippen MR) is 154 cm³/mol. The van der Waals surface area contributed by atoms with Crippen molar-refractivity contribution in [3.63, 3.8) is 0 Å². The number of para-hydroxylation sites is 1. The first kappa shape index (κ1) is 29.5. The van der Waals surface area contributed by atoms with Gasteiger partial charge in [-0.25, -0.2) is 14.4 Å². The van der Waals surface area contributed by atoms with E-state index in [9.17, 15) is 14.3 Å². The number of fused-ring (bicyclic) bond motifs is 3. The summed E-state index contributed by atoms with van der Waals surface area (Å²) in [7, 11) is 0. The van der Waals surface area contributed by atoms with Crippen molar-refractivity contribution in [3.8, 4) is 0 Å². The normalized spacial score (nSPS) is 15.2. The maximum absolute atomic E-state index is 12.7. The Labute approximate surface area is 234 Å². The number of aliphatic hydroxyl groups is 1. The molecule has 4 rings (SSSR count). The molecule has 1 amide bonds. The molecule has 1 fully saturated rings. The number of aromatic nitrogens is 2. The Morgan fingerprint density at radius 3 is 2.85 bits per heavy atom. The van der Waals surface area contributed by atoms with Crippen LogP contribution in [0.2, 0.25) is 0 Å². The number of carbonyl (C=O) groups is 1. The minimum absolute atomic E-state index is 0.116. The summed E-state index contributed by atoms with van der Waals surface area (Å²) in [6.07, 6.45) is 8.24. The fourth-order valence-electron chi connectivity index (χ4n) is 5.02. The average molecular weight is 552 g/mol. The molecule has 1 N–H and O–H groups in total. The first-order chi connectivity index (χ1) is 19.5. The van der Waals surface area contributed by atoms with E-state index in [0.29, 0.717) is 56.4 Å². The Hall–Kier alpha value is -3.47. The Balaban J connectivity index is 1.16. The number of rotatable bonds is 14. The molecule has 0 saturated carbocycles. The molecular weight excluding hydrogens is 513 g/mol. The highest BCUT2D eigenvalue weighted by molar-refractivity contribution is 6.02. The quantitative estimate of drug-likeness (QED) is 0.134. The Kier molecular flexibility index (Phi) is 10.9. The van der Waals surface area contributed by atoms with Gasteiger partial charge in [0.25, 0.3) is 0 Å². The standard InChI is InChI=1S/C30H38FN5O4/c1-22-30-29(25-10-3-4-11-26(25)40-30)34-27(33-22)20-39-18-8-6-12-28(38)35-16-13-24(14-17-35)36(21-37)19-23(32-2)9-5-7-15-31/h3-5,7,9-11,24,37H,2,6,8,12-21H2,1H3/b7-5-,23-9+. The molecule has 3 aromatic rings. The molecule has 1 saturated heterocycles. The molecule has 0 spiro atoms. The van der Waals surface area contributed by atoms with E-state index < -0.39 is 6.67 Å². The number of benzene rings is 1. The Bertz CT molecular complexity index is 1350. The number of carbonyl (C=O) groups excluding carboxylic acids is 1. The number of hydrogen-bond donors (Lipinski definition) is 1. The second-order valence-corrected chi connectivity index (χ2v) is 9.91. The minimum Gasteiger partial charge on any atom is -0.452 e. The van der Waals surface area contributed by atoms with Gasteiger partial charge in [0, 0.05) is 44.1 Å². The number of furan rings is 1. The second-order valence-electron chi connectivity index (χ2n) is 9.91. The van der Waals surface area contributed by atoms with E-state index in [1.54, 1.807) is 12.2 Å². The molecule has 1 aliphatic heterocycles. The van der Waals surface area contributed by atoms with Crippen molar-refractivity contribution in [1.82, 2.24) is 19.8 Å². The van der Waals surface area contributed by atoms with Crippen LogP contribution in [0.1, 0.15) is 43.6 Å². The van der Waals surface area contributed by atoms with Crippen molar-refractivity contribution in [1.29, 1.82) is 0 Å². The number of amides is 1. The Morgan fingerprint density at radius 1 is 1.30 bits per heavy atom. The summed E-state index contributed by atoms with van der Waals surface area (Å²) in [5, 5.41) is 10.8. The highest BCUT2D eigenvalue weighted by atomic mass is 19.1. The maximum Gasteiger partial charge on any atom is 0.222 e. The molecule has 214 valence electrons. The number of nitrogens with zero attached hydrogens (tertiary/aromatic N) is 5. The van der Waals surface area contributed by atoms with Crippen LogP contribution in [-0.4, -0.2) is 83.2 Å². The highest BCUT2D eigenvalue weighted by Gasteiger charge is 2.26. The fraction of sp³-hybridized carbons (Fsp3) is 0.467. The van der Waals surface area contributed by atoms with E-state index in [-0.39, 0.29) is 18.7 Å². The topological polar surface area (TPSA) is 104 Å². The van der Waals surface area contributed by atoms with Crippen LogP contribution in [0, 0.1) is 6.92 Å². The second kappa shape index (κ2) is 14.8. The number of piperidine rings is 1. The van der Waals surface area contributed by atoms with Crippen LogP contribution in [0.4, 0.5) is 4.39 Å². The van der Waals surface area contributed by atoms with Gasteiger partial charge < -0.3 is 19.2 Å². The third-order valence-corrected chi connectivity index (χ3v) is 7.19. The van der Waals surface area contributed by atoms with Crippen molar-refractivity contribution >= 4 is 34.7 Å². The zero-order valence-electron chi connectivity index (χ0n) is 23.1. The number of halogens is 1. The highest BCUT2D eigenvalue weighted by Crippen LogP contribution is 2.28. The number of allylic oxidation sites excluding steroid dienone is 3. The van der Waals surface area contributed by atoms with Crippen LogP contribution in [-0.2, 0) is 16.1 Å². The van der Waals surface area contributed by atoms with E-state index in [4.69, 9.17) is 9.15 Å². The summed E-state index contributed by atoms with van der Waals surface area (Å²) < 4.78 is 24.0. The molecular formula is C30H38FN5O4. The van der Waals surface area contributed by atoms with Gasteiger partial charge >= 0.3 is 0 Å². The number of alkyl halides is 1. The van der Waals surface area contributed by atoms with Gasteiger partial charge in [-0.1, -0.05) is 24.3 Å². The Morgan fingerprint density at radius 2 is 2.10 bits per heavy atom. The SMILES string of the molecule is C=N/C(=C/C=C\CF)CN(CO)C1CCN(C(=O)CCCCOCc2nc(C)c3oc4ccccc4c3n2)CC1. The summed E-state index contributed by atoms with van der Waals surface area (Å²) in [6, 6.07) is 7.95. The third-order valence-electron chi connectivity index (χ3n) is 7.19. The fourth-order valence-corrected chi connectivity index (χ4v) is 5.02. The number of aryl methyl sites for hydroxylation is 1. The zero-order valence-corrected chi connectivity index (χ0v) is 23.1. The molecule has 10 heteroatoms. The van der Waals surface area contributed by atoms with E-state index >= 15 is 0 Å². The van der Waals surface area contributed by atoms with Crippen LogP contribution < -0.4 is 0 Å². The van der Waals surface area contributed by atoms with Crippen molar-refractivity contribution < 1.29 is 23.4 Å². The lowest BCUT2D eigenvalue weighted by molar-refractivity contribution is -0.133. The van der Waals surface area contributed by atoms with Gasteiger partial charge in [0.2, 0.25) is 5.91 Å². The van der Waals surface area contributed by atoms with Gasteiger partial charge in [0.05, 0.1) is 18.1 Å². The van der Waals surface area contributed by atoms with Gasteiger partial charge in [0.15, 0.2) is 11.4 Å². The lowest BCUT2D eigenvalue weighted by Crippen LogP contribution is -2.47. The lowest BCUT2D eigenvalue weighted by atomic mass is 10.0. The van der Waals surface area contributed by atoms with Crippen LogP contribution >= 0.6 is 0 Å². The van der Waals surface area contributed by atoms with Gasteiger partial charge in [-0.3, -0.25) is 14.7 Å². The summed E-state index contributed by atoms with van der Waals surface area (Å²) in [4.78, 5) is 29.7. The number of aliphatic hydroxyl groups excluding tert-OH is 1. The molecule has 0 bridgehead atoms. The van der Waals surface area contributed by atoms with Crippen LogP contribution in [0.15, 0.2) is 57.6 Å². The maximum atomic E-state index is 12.7. The zero-order chi connectivity index (χ0) is 28.3. The van der Waals surface area contributed by atoms with Crippen molar-refractivity contribution in [2.75, 3.05) is 39.6 Å². The molecule has 40 heavy (non-hydrogen) atoms. The molecule has 0 aliphatic carbocycles. The van der Waals surface area contributed by atoms with Crippen molar-refractivity contribution in [2.24, 2.45) is 4.99 Å². The summed E-state index contributed by atoms with van der Waals surface area (Å²) >= 11 is 0. The third kappa shape index (κ3) is 7.59. The molecule has 9 nitrogen and oxygen atoms in total. The number of unbranched alkanes of at least 4 members (excludes halogenated alkanes) is 1. The first-order valence-corrected chi connectivity index (χ1v) is 13.8. The lowest BCUT2D eigenvalue weighted by Gasteiger charge is -2.37. The number of likely N-dealkylation sites (tertiary alicyclic amines) is 1. The van der Waals surface area contributed by atoms with Crippen LogP contribution in [0.25, 0.3) is 22.1 Å². The van der Waals surface area contributed by atoms with Crippen molar-refractivity contribution in [2.45, 2.75) is 51.7 Å². The smallest absolute Gasteiger partial charge is 0.222 e. The van der Waals surface area contributed by atoms with E-state index in [1.807, 2.05) is 41.0 Å². The van der Waals surface area contributed by atoms with E-state index in [2.05, 4.69) is 21.7 Å².